The van der Waals surface area contributed by atoms with Crippen molar-refractivity contribution in [2.24, 2.45) is 5.41 Å². The van der Waals surface area contributed by atoms with Crippen molar-refractivity contribution in [2.75, 3.05) is 14.2 Å². The minimum Gasteiger partial charge on any atom is -0.468 e. The van der Waals surface area contributed by atoms with E-state index in [-0.39, 0.29) is 12.2 Å². The fourth-order valence-corrected chi connectivity index (χ4v) is 2.84. The van der Waals surface area contributed by atoms with Crippen LogP contribution in [-0.2, 0) is 19.1 Å². The zero-order valence-electron chi connectivity index (χ0n) is 13.0. The first-order chi connectivity index (χ1) is 11.0. The van der Waals surface area contributed by atoms with Gasteiger partial charge in [-0.2, -0.15) is 0 Å². The van der Waals surface area contributed by atoms with Gasteiger partial charge in [-0.25, -0.2) is 4.79 Å². The summed E-state index contributed by atoms with van der Waals surface area (Å²) in [6.07, 6.45) is 5.04. The summed E-state index contributed by atoms with van der Waals surface area (Å²) < 4.78 is 14.6. The Hall–Kier alpha value is -2.57. The Labute approximate surface area is 133 Å². The van der Waals surface area contributed by atoms with Crippen LogP contribution in [0.15, 0.2) is 28.9 Å². The fourth-order valence-electron chi connectivity index (χ4n) is 2.84. The van der Waals surface area contributed by atoms with Gasteiger partial charge in [-0.05, 0) is 31.1 Å². The average molecular weight is 321 g/mol. The number of ether oxygens (including phenoxy) is 2. The highest BCUT2D eigenvalue weighted by molar-refractivity contribution is 6.06. The van der Waals surface area contributed by atoms with Crippen LogP contribution in [0.1, 0.15) is 25.0 Å². The number of esters is 1. The molecule has 1 aromatic rings. The maximum atomic E-state index is 12.4. The molecule has 0 aromatic carbocycles. The van der Waals surface area contributed by atoms with Crippen LogP contribution in [-0.4, -0.2) is 38.1 Å². The molecule has 124 valence electrons. The molecule has 2 atom stereocenters. The summed E-state index contributed by atoms with van der Waals surface area (Å²) in [6.45, 7) is 0. The summed E-state index contributed by atoms with van der Waals surface area (Å²) in [6, 6.07) is 2.54. The number of hydrogen-bond donors (Lipinski definition) is 1. The summed E-state index contributed by atoms with van der Waals surface area (Å²) in [4.78, 5) is 36.4. The molecule has 1 amide bonds. The molecule has 7 heteroatoms. The van der Waals surface area contributed by atoms with E-state index in [1.807, 2.05) is 0 Å². The average Bonchev–Trinajstić information content (AvgIpc) is 3.20. The Balaban J connectivity index is 2.38. The van der Waals surface area contributed by atoms with Gasteiger partial charge in [0.05, 0.1) is 26.5 Å². The quantitative estimate of drug-likeness (QED) is 0.658. The van der Waals surface area contributed by atoms with Crippen LogP contribution in [0.2, 0.25) is 0 Å². The van der Waals surface area contributed by atoms with Crippen LogP contribution in [0.4, 0.5) is 4.79 Å². The lowest BCUT2D eigenvalue weighted by Gasteiger charge is -2.31. The second kappa shape index (κ2) is 7.13. The van der Waals surface area contributed by atoms with Crippen molar-refractivity contribution in [2.45, 2.75) is 25.3 Å². The van der Waals surface area contributed by atoms with Crippen LogP contribution >= 0.6 is 0 Å². The van der Waals surface area contributed by atoms with E-state index in [2.05, 4.69) is 10.1 Å². The SMILES string of the molecule is COC(=O)NC(/C=C/c1ccco1)[C@@]1(C(=O)OC)CCCC1=O. The molecular formula is C16H19NO6. The fraction of sp³-hybridized carbons (Fsp3) is 0.438. The molecule has 0 spiro atoms. The van der Waals surface area contributed by atoms with Gasteiger partial charge in [0.1, 0.15) is 11.2 Å². The van der Waals surface area contributed by atoms with Gasteiger partial charge >= 0.3 is 12.1 Å². The smallest absolute Gasteiger partial charge is 0.407 e. The maximum Gasteiger partial charge on any atom is 0.407 e. The Bertz CT molecular complexity index is 606. The van der Waals surface area contributed by atoms with E-state index in [4.69, 9.17) is 9.15 Å². The number of hydrogen-bond acceptors (Lipinski definition) is 6. The van der Waals surface area contributed by atoms with E-state index in [0.29, 0.717) is 18.6 Å². The summed E-state index contributed by atoms with van der Waals surface area (Å²) in [5.41, 5.74) is -1.44. The minimum absolute atomic E-state index is 0.255. The standard InChI is InChI=1S/C16H19NO6/c1-21-14(19)16(9-3-6-13(16)18)12(17-15(20)22-2)8-7-11-5-4-10-23-11/h4-5,7-8,10,12H,3,6,9H2,1-2H3,(H,17,20)/b8-7+/t12?,16-/m0/s1. The first kappa shape index (κ1) is 16.8. The van der Waals surface area contributed by atoms with Gasteiger partial charge in [0.2, 0.25) is 0 Å². The number of carbonyl (C=O) groups excluding carboxylic acids is 3. The van der Waals surface area contributed by atoms with E-state index in [1.54, 1.807) is 24.3 Å². The number of furan rings is 1. The van der Waals surface area contributed by atoms with Crippen molar-refractivity contribution in [3.05, 3.63) is 30.2 Å². The van der Waals surface area contributed by atoms with Crippen molar-refractivity contribution in [1.82, 2.24) is 5.32 Å². The normalized spacial score (nSPS) is 22.1. The first-order valence-electron chi connectivity index (χ1n) is 7.22. The number of rotatable bonds is 5. The number of ketones is 1. The van der Waals surface area contributed by atoms with Crippen molar-refractivity contribution >= 4 is 23.9 Å². The van der Waals surface area contributed by atoms with E-state index in [9.17, 15) is 14.4 Å². The molecule has 2 rings (SSSR count). The van der Waals surface area contributed by atoms with E-state index < -0.39 is 23.5 Å². The van der Waals surface area contributed by atoms with Gasteiger partial charge < -0.3 is 19.2 Å². The molecule has 1 unspecified atom stereocenters. The first-order valence-corrected chi connectivity index (χ1v) is 7.22. The third kappa shape index (κ3) is 3.28. The zero-order chi connectivity index (χ0) is 16.9. The zero-order valence-corrected chi connectivity index (χ0v) is 13.0. The third-order valence-corrected chi connectivity index (χ3v) is 4.01. The third-order valence-electron chi connectivity index (χ3n) is 4.01. The van der Waals surface area contributed by atoms with E-state index in [1.165, 1.54) is 20.5 Å². The maximum absolute atomic E-state index is 12.4. The van der Waals surface area contributed by atoms with Crippen molar-refractivity contribution in [3.8, 4) is 0 Å². The molecule has 1 saturated carbocycles. The summed E-state index contributed by atoms with van der Waals surface area (Å²) in [7, 11) is 2.44. The Morgan fingerprint density at radius 1 is 1.39 bits per heavy atom. The highest BCUT2D eigenvalue weighted by atomic mass is 16.5. The van der Waals surface area contributed by atoms with E-state index in [0.717, 1.165) is 0 Å². The van der Waals surface area contributed by atoms with E-state index >= 15 is 0 Å². The summed E-state index contributed by atoms with van der Waals surface area (Å²) in [5.74, 6) is -0.382. The molecule has 0 saturated heterocycles. The molecule has 1 N–H and O–H groups in total. The Kier molecular flexibility index (Phi) is 5.20. The predicted octanol–water partition coefficient (Wildman–Crippen LogP) is 1.93. The molecule has 7 nitrogen and oxygen atoms in total. The molecule has 1 aliphatic carbocycles. The second-order valence-corrected chi connectivity index (χ2v) is 5.23. The van der Waals surface area contributed by atoms with Crippen LogP contribution in [0.5, 0.6) is 0 Å². The molecule has 1 aliphatic rings. The van der Waals surface area contributed by atoms with Gasteiger partial charge in [0, 0.05) is 6.42 Å². The van der Waals surface area contributed by atoms with Crippen molar-refractivity contribution in [1.29, 1.82) is 0 Å². The highest BCUT2D eigenvalue weighted by Gasteiger charge is 2.55. The molecule has 23 heavy (non-hydrogen) atoms. The lowest BCUT2D eigenvalue weighted by molar-refractivity contribution is -0.157. The number of amides is 1. The molecule has 0 bridgehead atoms. The molecule has 1 heterocycles. The van der Waals surface area contributed by atoms with Crippen molar-refractivity contribution < 1.29 is 28.3 Å². The van der Waals surface area contributed by atoms with Gasteiger partial charge in [-0.15, -0.1) is 0 Å². The Morgan fingerprint density at radius 2 is 2.17 bits per heavy atom. The van der Waals surface area contributed by atoms with Gasteiger partial charge in [0.25, 0.3) is 0 Å². The van der Waals surface area contributed by atoms with Crippen LogP contribution < -0.4 is 5.32 Å². The predicted molar refractivity (Wildman–Crippen MR) is 80.4 cm³/mol. The lowest BCUT2D eigenvalue weighted by Crippen LogP contribution is -2.54. The lowest BCUT2D eigenvalue weighted by atomic mass is 9.77. The second-order valence-electron chi connectivity index (χ2n) is 5.23. The number of Topliss-reactive ketones (excluding diaryl/α,β-unsaturated/α-hetero) is 1. The largest absolute Gasteiger partial charge is 0.468 e. The molecule has 1 fully saturated rings. The molecular weight excluding hydrogens is 302 g/mol. The van der Waals surface area contributed by atoms with Crippen LogP contribution in [0, 0.1) is 5.41 Å². The monoisotopic (exact) mass is 321 g/mol. The van der Waals surface area contributed by atoms with Gasteiger partial charge in [-0.1, -0.05) is 6.08 Å². The number of carbonyl (C=O) groups is 3. The summed E-state index contributed by atoms with van der Waals surface area (Å²) in [5, 5.41) is 2.55. The summed E-state index contributed by atoms with van der Waals surface area (Å²) >= 11 is 0. The number of alkyl carbamates (subject to hydrolysis) is 1. The van der Waals surface area contributed by atoms with Gasteiger partial charge in [-0.3, -0.25) is 9.59 Å². The molecule has 1 aromatic heterocycles. The molecule has 0 aliphatic heterocycles. The van der Waals surface area contributed by atoms with Crippen molar-refractivity contribution in [3.63, 3.8) is 0 Å². The van der Waals surface area contributed by atoms with Crippen LogP contribution in [0.25, 0.3) is 6.08 Å². The minimum atomic E-state index is -1.44. The number of methoxy groups -OCH3 is 2. The Morgan fingerprint density at radius 3 is 2.70 bits per heavy atom. The highest BCUT2D eigenvalue weighted by Crippen LogP contribution is 2.40. The van der Waals surface area contributed by atoms with Crippen LogP contribution in [0.3, 0.4) is 0 Å². The molecule has 0 radical (unpaired) electrons. The van der Waals surface area contributed by atoms with Gasteiger partial charge in [0.15, 0.2) is 5.78 Å². The number of nitrogens with one attached hydrogen (secondary N) is 1. The topological polar surface area (TPSA) is 94.8 Å².